The fourth-order valence-electron chi connectivity index (χ4n) is 4.34. The van der Waals surface area contributed by atoms with Gasteiger partial charge in [0, 0.05) is 43.0 Å². The summed E-state index contributed by atoms with van der Waals surface area (Å²) >= 11 is 3.33. The maximum atomic E-state index is 13.1. The van der Waals surface area contributed by atoms with Gasteiger partial charge in [-0.15, -0.1) is 0 Å². The molecule has 30 heavy (non-hydrogen) atoms. The molecule has 1 saturated heterocycles. The van der Waals surface area contributed by atoms with E-state index in [1.54, 1.807) is 29.3 Å². The van der Waals surface area contributed by atoms with Gasteiger partial charge in [0.05, 0.1) is 10.5 Å². The predicted octanol–water partition coefficient (Wildman–Crippen LogP) is 4.04. The standard InChI is InChI=1S/C22H26BrN3O3S/c23-20-14-19(15-24-16-20)22(27)25-10-12-26(13-11-25)30(28,29)21-8-6-18(7-9-21)17-4-2-1-3-5-17/h6-9,14-17H,1-5,10-13H2. The van der Waals surface area contributed by atoms with Crippen LogP contribution >= 0.6 is 15.9 Å². The number of carbonyl (C=O) groups is 1. The van der Waals surface area contributed by atoms with Crippen LogP contribution in [0.3, 0.4) is 0 Å². The topological polar surface area (TPSA) is 70.6 Å². The first-order valence-electron chi connectivity index (χ1n) is 10.4. The molecule has 1 aromatic heterocycles. The van der Waals surface area contributed by atoms with Crippen molar-refractivity contribution >= 4 is 31.9 Å². The second kappa shape index (κ2) is 9.16. The number of halogens is 1. The van der Waals surface area contributed by atoms with Crippen LogP contribution in [0.5, 0.6) is 0 Å². The van der Waals surface area contributed by atoms with E-state index in [0.717, 1.165) is 4.47 Å². The fraction of sp³-hybridized carbons (Fsp3) is 0.455. The van der Waals surface area contributed by atoms with Crippen molar-refractivity contribution in [2.24, 2.45) is 0 Å². The molecule has 2 fully saturated rings. The van der Waals surface area contributed by atoms with Crippen LogP contribution in [-0.2, 0) is 10.0 Å². The summed E-state index contributed by atoms with van der Waals surface area (Å²) in [6, 6.07) is 9.16. The van der Waals surface area contributed by atoms with E-state index in [2.05, 4.69) is 20.9 Å². The van der Waals surface area contributed by atoms with Crippen molar-refractivity contribution in [3.8, 4) is 0 Å². The van der Waals surface area contributed by atoms with E-state index in [0.29, 0.717) is 42.6 Å². The molecule has 1 aliphatic heterocycles. The molecule has 6 nitrogen and oxygen atoms in total. The van der Waals surface area contributed by atoms with Gasteiger partial charge in [0.25, 0.3) is 5.91 Å². The van der Waals surface area contributed by atoms with E-state index in [4.69, 9.17) is 0 Å². The van der Waals surface area contributed by atoms with Crippen LogP contribution in [0.15, 0.2) is 52.1 Å². The molecule has 4 rings (SSSR count). The third-order valence-corrected chi connectivity index (χ3v) is 8.42. The smallest absolute Gasteiger partial charge is 0.255 e. The second-order valence-corrected chi connectivity index (χ2v) is 10.8. The van der Waals surface area contributed by atoms with Gasteiger partial charge in [-0.1, -0.05) is 31.4 Å². The van der Waals surface area contributed by atoms with E-state index >= 15 is 0 Å². The third-order valence-electron chi connectivity index (χ3n) is 6.07. The number of aromatic nitrogens is 1. The molecule has 0 radical (unpaired) electrons. The van der Waals surface area contributed by atoms with Crippen LogP contribution in [0, 0.1) is 0 Å². The minimum Gasteiger partial charge on any atom is -0.336 e. The summed E-state index contributed by atoms with van der Waals surface area (Å²) in [5.74, 6) is 0.426. The van der Waals surface area contributed by atoms with E-state index in [-0.39, 0.29) is 5.91 Å². The molecule has 0 unspecified atom stereocenters. The highest BCUT2D eigenvalue weighted by Gasteiger charge is 2.30. The normalized spacial score (nSPS) is 19.0. The number of hydrogen-bond donors (Lipinski definition) is 0. The fourth-order valence-corrected chi connectivity index (χ4v) is 6.13. The number of pyridine rings is 1. The van der Waals surface area contributed by atoms with Gasteiger partial charge in [0.1, 0.15) is 0 Å². The van der Waals surface area contributed by atoms with Crippen molar-refractivity contribution in [2.45, 2.75) is 42.9 Å². The molecular weight excluding hydrogens is 466 g/mol. The Kier molecular flexibility index (Phi) is 6.55. The van der Waals surface area contributed by atoms with E-state index in [1.807, 2.05) is 12.1 Å². The van der Waals surface area contributed by atoms with Crippen molar-refractivity contribution < 1.29 is 13.2 Å². The zero-order chi connectivity index (χ0) is 21.1. The van der Waals surface area contributed by atoms with Crippen LogP contribution in [0.1, 0.15) is 53.9 Å². The first-order valence-corrected chi connectivity index (χ1v) is 12.7. The number of benzene rings is 1. The van der Waals surface area contributed by atoms with Gasteiger partial charge >= 0.3 is 0 Å². The predicted molar refractivity (Wildman–Crippen MR) is 119 cm³/mol. The van der Waals surface area contributed by atoms with Crippen molar-refractivity contribution in [3.63, 3.8) is 0 Å². The van der Waals surface area contributed by atoms with Crippen molar-refractivity contribution in [3.05, 3.63) is 58.3 Å². The molecule has 0 atom stereocenters. The molecule has 1 amide bonds. The monoisotopic (exact) mass is 491 g/mol. The lowest BCUT2D eigenvalue weighted by molar-refractivity contribution is 0.0697. The van der Waals surface area contributed by atoms with Crippen molar-refractivity contribution in [1.82, 2.24) is 14.2 Å². The van der Waals surface area contributed by atoms with Gasteiger partial charge in [0.2, 0.25) is 10.0 Å². The average molecular weight is 492 g/mol. The minimum atomic E-state index is -3.55. The zero-order valence-electron chi connectivity index (χ0n) is 16.8. The third kappa shape index (κ3) is 4.60. The SMILES string of the molecule is O=C(c1cncc(Br)c1)N1CCN(S(=O)(=O)c2ccc(C3CCCCC3)cc2)CC1. The molecule has 2 aromatic rings. The van der Waals surface area contributed by atoms with Gasteiger partial charge in [-0.3, -0.25) is 9.78 Å². The number of amides is 1. The summed E-state index contributed by atoms with van der Waals surface area (Å²) in [4.78, 5) is 18.7. The van der Waals surface area contributed by atoms with Crippen LogP contribution in [0.25, 0.3) is 0 Å². The second-order valence-electron chi connectivity index (χ2n) is 7.99. The highest BCUT2D eigenvalue weighted by atomic mass is 79.9. The molecule has 0 N–H and O–H groups in total. The number of nitrogens with zero attached hydrogens (tertiary/aromatic N) is 3. The molecule has 8 heteroatoms. The molecule has 2 heterocycles. The van der Waals surface area contributed by atoms with Crippen LogP contribution in [-0.4, -0.2) is 54.7 Å². The zero-order valence-corrected chi connectivity index (χ0v) is 19.2. The van der Waals surface area contributed by atoms with Crippen molar-refractivity contribution in [1.29, 1.82) is 0 Å². The number of piperazine rings is 1. The molecule has 1 aromatic carbocycles. The highest BCUT2D eigenvalue weighted by Crippen LogP contribution is 2.33. The van der Waals surface area contributed by atoms with Crippen LogP contribution in [0.2, 0.25) is 0 Å². The van der Waals surface area contributed by atoms with Gasteiger partial charge in [-0.05, 0) is 58.5 Å². The molecule has 0 spiro atoms. The maximum Gasteiger partial charge on any atom is 0.255 e. The number of hydrogen-bond acceptors (Lipinski definition) is 4. The number of carbonyl (C=O) groups excluding carboxylic acids is 1. The van der Waals surface area contributed by atoms with Gasteiger partial charge < -0.3 is 4.90 Å². The Hall–Kier alpha value is -1.77. The van der Waals surface area contributed by atoms with Crippen molar-refractivity contribution in [2.75, 3.05) is 26.2 Å². The quantitative estimate of drug-likeness (QED) is 0.646. The lowest BCUT2D eigenvalue weighted by atomic mass is 9.84. The summed E-state index contributed by atoms with van der Waals surface area (Å²) in [5, 5.41) is 0. The number of rotatable bonds is 4. The van der Waals surface area contributed by atoms with Gasteiger partial charge in [-0.2, -0.15) is 4.31 Å². The summed E-state index contributed by atoms with van der Waals surface area (Å²) in [6.45, 7) is 1.31. The molecule has 1 saturated carbocycles. The first kappa shape index (κ1) is 21.5. The molecule has 2 aliphatic rings. The Bertz CT molecular complexity index is 997. The molecular formula is C22H26BrN3O3S. The lowest BCUT2D eigenvalue weighted by Crippen LogP contribution is -2.50. The largest absolute Gasteiger partial charge is 0.336 e. The summed E-state index contributed by atoms with van der Waals surface area (Å²) in [5.41, 5.74) is 1.74. The lowest BCUT2D eigenvalue weighted by Gasteiger charge is -2.34. The Morgan fingerprint density at radius 1 is 0.967 bits per heavy atom. The summed E-state index contributed by atoms with van der Waals surface area (Å²) in [7, 11) is -3.55. The van der Waals surface area contributed by atoms with E-state index in [1.165, 1.54) is 48.2 Å². The Morgan fingerprint density at radius 2 is 1.63 bits per heavy atom. The number of sulfonamides is 1. The van der Waals surface area contributed by atoms with E-state index in [9.17, 15) is 13.2 Å². The minimum absolute atomic E-state index is 0.127. The van der Waals surface area contributed by atoms with Crippen LogP contribution in [0.4, 0.5) is 0 Å². The van der Waals surface area contributed by atoms with Gasteiger partial charge in [-0.25, -0.2) is 8.42 Å². The Labute approximate surface area is 186 Å². The highest BCUT2D eigenvalue weighted by molar-refractivity contribution is 9.10. The Morgan fingerprint density at radius 3 is 2.27 bits per heavy atom. The first-order chi connectivity index (χ1) is 14.4. The average Bonchev–Trinajstić information content (AvgIpc) is 2.79. The molecule has 160 valence electrons. The van der Waals surface area contributed by atoms with E-state index < -0.39 is 10.0 Å². The summed E-state index contributed by atoms with van der Waals surface area (Å²) in [6.07, 6.45) is 9.35. The summed E-state index contributed by atoms with van der Waals surface area (Å²) < 4.78 is 28.4. The van der Waals surface area contributed by atoms with Gasteiger partial charge in [0.15, 0.2) is 0 Å². The Balaban J connectivity index is 1.40. The molecule has 1 aliphatic carbocycles. The molecule has 0 bridgehead atoms. The van der Waals surface area contributed by atoms with Crippen LogP contribution < -0.4 is 0 Å². The maximum absolute atomic E-state index is 13.1.